The van der Waals surface area contributed by atoms with E-state index in [9.17, 15) is 0 Å². The minimum atomic E-state index is 0.178. The lowest BCUT2D eigenvalue weighted by Gasteiger charge is -2.16. The van der Waals surface area contributed by atoms with E-state index in [1.54, 1.807) is 18.0 Å². The van der Waals surface area contributed by atoms with Gasteiger partial charge in [0.2, 0.25) is 0 Å². The van der Waals surface area contributed by atoms with Gasteiger partial charge in [-0.1, -0.05) is 33.0 Å². The van der Waals surface area contributed by atoms with E-state index in [2.05, 4.69) is 25.8 Å². The summed E-state index contributed by atoms with van der Waals surface area (Å²) >= 11 is 6.57. The van der Waals surface area contributed by atoms with Crippen molar-refractivity contribution >= 4 is 29.0 Å². The van der Waals surface area contributed by atoms with Gasteiger partial charge in [-0.3, -0.25) is 0 Å². The fraction of sp³-hybridized carbons (Fsp3) is 0.400. The largest absolute Gasteiger partial charge is 0.389 e. The number of nitrogens with zero attached hydrogens (tertiary/aromatic N) is 1. The van der Waals surface area contributed by atoms with Crippen LogP contribution in [0.5, 0.6) is 0 Å². The Bertz CT molecular complexity index is 325. The van der Waals surface area contributed by atoms with Crippen LogP contribution in [0.1, 0.15) is 26.3 Å². The van der Waals surface area contributed by atoms with Gasteiger partial charge in [0.15, 0.2) is 0 Å². The molecule has 0 aliphatic carbocycles. The highest BCUT2D eigenvalue weighted by Crippen LogP contribution is 2.29. The van der Waals surface area contributed by atoms with Gasteiger partial charge in [0.1, 0.15) is 4.99 Å². The third kappa shape index (κ3) is 3.64. The first-order valence-electron chi connectivity index (χ1n) is 4.33. The Morgan fingerprint density at radius 1 is 1.43 bits per heavy atom. The smallest absolute Gasteiger partial charge is 0.105 e. The van der Waals surface area contributed by atoms with Gasteiger partial charge in [-0.15, -0.1) is 11.8 Å². The molecule has 1 aromatic heterocycles. The fourth-order valence-corrected chi connectivity index (χ4v) is 1.89. The second kappa shape index (κ2) is 4.28. The zero-order valence-electron chi connectivity index (χ0n) is 8.57. The van der Waals surface area contributed by atoms with E-state index in [0.717, 1.165) is 10.6 Å². The first-order valence-corrected chi connectivity index (χ1v) is 5.56. The summed E-state index contributed by atoms with van der Waals surface area (Å²) in [6, 6.07) is 3.85. The lowest BCUT2D eigenvalue weighted by Crippen LogP contribution is -2.10. The molecule has 0 fully saturated rings. The first-order chi connectivity index (χ1) is 6.38. The van der Waals surface area contributed by atoms with Crippen LogP contribution in [0.15, 0.2) is 23.4 Å². The predicted molar refractivity (Wildman–Crippen MR) is 65.7 cm³/mol. The van der Waals surface area contributed by atoms with Crippen molar-refractivity contribution in [3.63, 3.8) is 0 Å². The average molecular weight is 226 g/mol. The van der Waals surface area contributed by atoms with Crippen LogP contribution >= 0.6 is 24.0 Å². The minimum Gasteiger partial charge on any atom is -0.389 e. The highest BCUT2D eigenvalue weighted by Gasteiger charge is 2.12. The number of hydrogen-bond acceptors (Lipinski definition) is 3. The normalized spacial score (nSPS) is 11.4. The highest BCUT2D eigenvalue weighted by molar-refractivity contribution is 8.00. The molecule has 1 rings (SSSR count). The third-order valence-electron chi connectivity index (χ3n) is 1.43. The molecule has 14 heavy (non-hydrogen) atoms. The van der Waals surface area contributed by atoms with Crippen molar-refractivity contribution < 1.29 is 0 Å². The van der Waals surface area contributed by atoms with Gasteiger partial charge >= 0.3 is 0 Å². The van der Waals surface area contributed by atoms with E-state index in [1.165, 1.54) is 0 Å². The molecule has 0 bridgehead atoms. The van der Waals surface area contributed by atoms with Crippen LogP contribution in [0, 0.1) is 0 Å². The second-order valence-corrected chi connectivity index (χ2v) is 6.25. The molecule has 0 aromatic carbocycles. The van der Waals surface area contributed by atoms with Crippen molar-refractivity contribution in [2.45, 2.75) is 30.5 Å². The number of nitrogens with two attached hydrogens (primary N) is 1. The molecule has 76 valence electrons. The summed E-state index contributed by atoms with van der Waals surface area (Å²) in [6.07, 6.45) is 1.72. The number of thioether (sulfide) groups is 1. The fourth-order valence-electron chi connectivity index (χ4n) is 0.900. The van der Waals surface area contributed by atoms with E-state index in [1.807, 2.05) is 12.1 Å². The Labute approximate surface area is 94.3 Å². The lowest BCUT2D eigenvalue weighted by atomic mass is 10.3. The number of rotatable bonds is 2. The summed E-state index contributed by atoms with van der Waals surface area (Å²) < 4.78 is 0.178. The van der Waals surface area contributed by atoms with Crippen molar-refractivity contribution in [1.29, 1.82) is 0 Å². The summed E-state index contributed by atoms with van der Waals surface area (Å²) in [5, 5.41) is 0.998. The average Bonchev–Trinajstić information content (AvgIpc) is 2.02. The SMILES string of the molecule is CC(C)(C)Sc1ccc(C(N)=S)cn1. The predicted octanol–water partition coefficient (Wildman–Crippen LogP) is 2.61. The van der Waals surface area contributed by atoms with Crippen molar-refractivity contribution in [2.24, 2.45) is 5.73 Å². The Kier molecular flexibility index (Phi) is 3.50. The van der Waals surface area contributed by atoms with Crippen LogP contribution in [0.2, 0.25) is 0 Å². The van der Waals surface area contributed by atoms with Crippen molar-refractivity contribution in [2.75, 3.05) is 0 Å². The summed E-state index contributed by atoms with van der Waals surface area (Å²) in [6.45, 7) is 6.46. The molecule has 1 heterocycles. The third-order valence-corrected chi connectivity index (χ3v) is 2.73. The van der Waals surface area contributed by atoms with Crippen LogP contribution in [0.25, 0.3) is 0 Å². The Morgan fingerprint density at radius 2 is 2.07 bits per heavy atom. The molecule has 0 atom stereocenters. The number of aromatic nitrogens is 1. The van der Waals surface area contributed by atoms with Crippen LogP contribution in [-0.4, -0.2) is 14.7 Å². The summed E-state index contributed by atoms with van der Waals surface area (Å²) in [4.78, 5) is 4.67. The van der Waals surface area contributed by atoms with Crippen LogP contribution < -0.4 is 5.73 Å². The van der Waals surface area contributed by atoms with Crippen LogP contribution in [0.4, 0.5) is 0 Å². The molecule has 0 amide bonds. The second-order valence-electron chi connectivity index (χ2n) is 3.96. The summed E-state index contributed by atoms with van der Waals surface area (Å²) in [5.74, 6) is 0. The molecule has 0 aliphatic rings. The maximum atomic E-state index is 5.48. The molecule has 0 saturated carbocycles. The Hall–Kier alpha value is -0.610. The van der Waals surface area contributed by atoms with E-state index in [0.29, 0.717) is 4.99 Å². The highest BCUT2D eigenvalue weighted by atomic mass is 32.2. The van der Waals surface area contributed by atoms with E-state index in [-0.39, 0.29) is 4.75 Å². The standard InChI is InChI=1S/C10H14N2S2/c1-10(2,3)14-8-5-4-7(6-12-8)9(11)13/h4-6H,1-3H3,(H2,11,13). The van der Waals surface area contributed by atoms with Crippen molar-refractivity contribution in [3.05, 3.63) is 23.9 Å². The Balaban J connectivity index is 2.79. The van der Waals surface area contributed by atoms with E-state index < -0.39 is 0 Å². The van der Waals surface area contributed by atoms with Gasteiger partial charge in [-0.25, -0.2) is 4.98 Å². The quantitative estimate of drug-likeness (QED) is 0.621. The molecule has 0 spiro atoms. The van der Waals surface area contributed by atoms with Gasteiger partial charge in [0, 0.05) is 16.5 Å². The van der Waals surface area contributed by atoms with Gasteiger partial charge in [-0.05, 0) is 12.1 Å². The van der Waals surface area contributed by atoms with Gasteiger partial charge in [-0.2, -0.15) is 0 Å². The molecule has 0 unspecified atom stereocenters. The lowest BCUT2D eigenvalue weighted by molar-refractivity contribution is 0.799. The molecular weight excluding hydrogens is 212 g/mol. The maximum Gasteiger partial charge on any atom is 0.105 e. The van der Waals surface area contributed by atoms with Crippen LogP contribution in [-0.2, 0) is 0 Å². The summed E-state index contributed by atoms with van der Waals surface area (Å²) in [7, 11) is 0. The zero-order chi connectivity index (χ0) is 10.8. The molecule has 0 saturated heterocycles. The molecule has 4 heteroatoms. The van der Waals surface area contributed by atoms with E-state index in [4.69, 9.17) is 18.0 Å². The molecule has 1 aromatic rings. The molecular formula is C10H14N2S2. The number of thiocarbonyl (C=S) groups is 1. The van der Waals surface area contributed by atoms with Crippen LogP contribution in [0.3, 0.4) is 0 Å². The van der Waals surface area contributed by atoms with Crippen molar-refractivity contribution in [3.8, 4) is 0 Å². The molecule has 2 nitrogen and oxygen atoms in total. The Morgan fingerprint density at radius 3 is 2.43 bits per heavy atom. The summed E-state index contributed by atoms with van der Waals surface area (Å²) in [5.41, 5.74) is 6.29. The van der Waals surface area contributed by atoms with E-state index >= 15 is 0 Å². The molecule has 0 aliphatic heterocycles. The number of pyridine rings is 1. The number of hydrogen-bond donors (Lipinski definition) is 1. The topological polar surface area (TPSA) is 38.9 Å². The van der Waals surface area contributed by atoms with Gasteiger partial charge in [0.25, 0.3) is 0 Å². The minimum absolute atomic E-state index is 0.178. The monoisotopic (exact) mass is 226 g/mol. The first kappa shape index (κ1) is 11.5. The van der Waals surface area contributed by atoms with Gasteiger partial charge in [0.05, 0.1) is 5.03 Å². The maximum absolute atomic E-state index is 5.48. The molecule has 2 N–H and O–H groups in total. The van der Waals surface area contributed by atoms with Crippen molar-refractivity contribution in [1.82, 2.24) is 4.98 Å². The zero-order valence-corrected chi connectivity index (χ0v) is 10.2. The van der Waals surface area contributed by atoms with Gasteiger partial charge < -0.3 is 5.73 Å². The molecule has 0 radical (unpaired) electrons.